The summed E-state index contributed by atoms with van der Waals surface area (Å²) in [6.07, 6.45) is 0. The van der Waals surface area contributed by atoms with Crippen molar-refractivity contribution in [3.63, 3.8) is 0 Å². The standard InChI is InChI=1S/C15H14BrN3O/c1-20-13-4-2-3-12-14(13)18-15(17)19(12)9-10-5-7-11(16)8-6-10/h2-8H,9H2,1H3,(H2,17,18). The van der Waals surface area contributed by atoms with Gasteiger partial charge in [0.1, 0.15) is 11.3 Å². The number of halogens is 1. The van der Waals surface area contributed by atoms with E-state index in [0.717, 1.165) is 21.3 Å². The van der Waals surface area contributed by atoms with E-state index in [-0.39, 0.29) is 0 Å². The molecular formula is C15H14BrN3O. The fourth-order valence-electron chi connectivity index (χ4n) is 2.24. The third kappa shape index (κ3) is 2.25. The molecule has 0 aliphatic rings. The van der Waals surface area contributed by atoms with Gasteiger partial charge in [-0.25, -0.2) is 4.98 Å². The number of rotatable bonds is 3. The lowest BCUT2D eigenvalue weighted by Crippen LogP contribution is -2.04. The lowest BCUT2D eigenvalue weighted by Gasteiger charge is -2.07. The van der Waals surface area contributed by atoms with Gasteiger partial charge in [-0.15, -0.1) is 0 Å². The van der Waals surface area contributed by atoms with E-state index in [4.69, 9.17) is 10.5 Å². The second-order valence-electron chi connectivity index (χ2n) is 4.51. The van der Waals surface area contributed by atoms with Gasteiger partial charge < -0.3 is 15.0 Å². The zero-order valence-corrected chi connectivity index (χ0v) is 12.6. The van der Waals surface area contributed by atoms with Crippen molar-refractivity contribution in [3.05, 3.63) is 52.5 Å². The largest absolute Gasteiger partial charge is 0.494 e. The van der Waals surface area contributed by atoms with Gasteiger partial charge >= 0.3 is 0 Å². The van der Waals surface area contributed by atoms with E-state index in [0.29, 0.717) is 12.5 Å². The summed E-state index contributed by atoms with van der Waals surface area (Å²) in [5.41, 5.74) is 8.98. The molecule has 0 saturated heterocycles. The van der Waals surface area contributed by atoms with Crippen LogP contribution in [0.5, 0.6) is 5.75 Å². The number of para-hydroxylation sites is 1. The Labute approximate surface area is 125 Å². The summed E-state index contributed by atoms with van der Waals surface area (Å²) in [6, 6.07) is 14.0. The lowest BCUT2D eigenvalue weighted by atomic mass is 10.2. The van der Waals surface area contributed by atoms with Crippen LogP contribution < -0.4 is 10.5 Å². The monoisotopic (exact) mass is 331 g/mol. The number of hydrogen-bond acceptors (Lipinski definition) is 3. The Morgan fingerprint density at radius 1 is 1.20 bits per heavy atom. The number of aromatic nitrogens is 2. The number of fused-ring (bicyclic) bond motifs is 1. The Balaban J connectivity index is 2.07. The van der Waals surface area contributed by atoms with Crippen LogP contribution in [0.25, 0.3) is 11.0 Å². The van der Waals surface area contributed by atoms with Crippen molar-refractivity contribution >= 4 is 32.9 Å². The highest BCUT2D eigenvalue weighted by Gasteiger charge is 2.12. The normalized spacial score (nSPS) is 10.9. The van der Waals surface area contributed by atoms with Crippen molar-refractivity contribution in [2.75, 3.05) is 12.8 Å². The minimum atomic E-state index is 0.493. The van der Waals surface area contributed by atoms with Gasteiger partial charge in [-0.2, -0.15) is 0 Å². The summed E-state index contributed by atoms with van der Waals surface area (Å²) < 4.78 is 8.37. The van der Waals surface area contributed by atoms with Crippen molar-refractivity contribution < 1.29 is 4.74 Å². The highest BCUT2D eigenvalue weighted by atomic mass is 79.9. The molecule has 0 fully saturated rings. The predicted octanol–water partition coefficient (Wildman–Crippen LogP) is 3.44. The van der Waals surface area contributed by atoms with Crippen molar-refractivity contribution in [1.29, 1.82) is 0 Å². The predicted molar refractivity (Wildman–Crippen MR) is 83.9 cm³/mol. The zero-order valence-electron chi connectivity index (χ0n) is 11.0. The highest BCUT2D eigenvalue weighted by Crippen LogP contribution is 2.27. The van der Waals surface area contributed by atoms with Gasteiger partial charge in [0, 0.05) is 4.47 Å². The molecule has 1 aromatic heterocycles. The van der Waals surface area contributed by atoms with Crippen LogP contribution in [0, 0.1) is 0 Å². The number of nitrogens with two attached hydrogens (primary N) is 1. The van der Waals surface area contributed by atoms with E-state index in [2.05, 4.69) is 33.0 Å². The molecule has 0 aliphatic heterocycles. The number of methoxy groups -OCH3 is 1. The fraction of sp³-hybridized carbons (Fsp3) is 0.133. The first kappa shape index (κ1) is 13.0. The van der Waals surface area contributed by atoms with E-state index in [1.54, 1.807) is 7.11 Å². The highest BCUT2D eigenvalue weighted by molar-refractivity contribution is 9.10. The lowest BCUT2D eigenvalue weighted by molar-refractivity contribution is 0.419. The van der Waals surface area contributed by atoms with E-state index in [1.165, 1.54) is 5.56 Å². The molecule has 0 amide bonds. The molecule has 2 N–H and O–H groups in total. The Morgan fingerprint density at radius 2 is 1.95 bits per heavy atom. The summed E-state index contributed by atoms with van der Waals surface area (Å²) in [5.74, 6) is 1.23. The van der Waals surface area contributed by atoms with Crippen molar-refractivity contribution in [2.24, 2.45) is 0 Å². The number of anilines is 1. The number of ether oxygens (including phenoxy) is 1. The quantitative estimate of drug-likeness (QED) is 0.799. The molecule has 0 bridgehead atoms. The summed E-state index contributed by atoms with van der Waals surface area (Å²) >= 11 is 3.44. The maximum absolute atomic E-state index is 6.04. The summed E-state index contributed by atoms with van der Waals surface area (Å²) in [7, 11) is 1.64. The topological polar surface area (TPSA) is 53.1 Å². The van der Waals surface area contributed by atoms with Crippen LogP contribution >= 0.6 is 15.9 Å². The zero-order chi connectivity index (χ0) is 14.1. The van der Waals surface area contributed by atoms with Gasteiger partial charge in [-0.3, -0.25) is 0 Å². The van der Waals surface area contributed by atoms with Crippen LogP contribution in [-0.4, -0.2) is 16.7 Å². The minimum absolute atomic E-state index is 0.493. The molecule has 0 atom stereocenters. The first-order valence-electron chi connectivity index (χ1n) is 6.22. The van der Waals surface area contributed by atoms with Crippen LogP contribution in [0.3, 0.4) is 0 Å². The Kier molecular flexibility index (Phi) is 3.36. The van der Waals surface area contributed by atoms with Crippen LogP contribution in [0.15, 0.2) is 46.9 Å². The third-order valence-corrected chi connectivity index (χ3v) is 3.77. The molecule has 4 nitrogen and oxygen atoms in total. The molecular weight excluding hydrogens is 318 g/mol. The first-order valence-corrected chi connectivity index (χ1v) is 7.01. The van der Waals surface area contributed by atoms with E-state index in [9.17, 15) is 0 Å². The van der Waals surface area contributed by atoms with Crippen LogP contribution in [-0.2, 0) is 6.54 Å². The molecule has 1 heterocycles. The first-order chi connectivity index (χ1) is 9.69. The van der Waals surface area contributed by atoms with Crippen molar-refractivity contribution in [2.45, 2.75) is 6.54 Å². The molecule has 20 heavy (non-hydrogen) atoms. The summed E-state index contributed by atoms with van der Waals surface area (Å²) in [6.45, 7) is 0.683. The van der Waals surface area contributed by atoms with Gasteiger partial charge in [0.05, 0.1) is 19.2 Å². The molecule has 3 rings (SSSR count). The van der Waals surface area contributed by atoms with Crippen LogP contribution in [0.4, 0.5) is 5.95 Å². The molecule has 0 radical (unpaired) electrons. The second kappa shape index (κ2) is 5.17. The molecule has 5 heteroatoms. The number of imidazole rings is 1. The average Bonchev–Trinajstić information content (AvgIpc) is 2.77. The number of hydrogen-bond donors (Lipinski definition) is 1. The minimum Gasteiger partial charge on any atom is -0.494 e. The number of nitrogens with zero attached hydrogens (tertiary/aromatic N) is 2. The van der Waals surface area contributed by atoms with Crippen LogP contribution in [0.1, 0.15) is 5.56 Å². The van der Waals surface area contributed by atoms with Crippen molar-refractivity contribution in [1.82, 2.24) is 9.55 Å². The smallest absolute Gasteiger partial charge is 0.201 e. The summed E-state index contributed by atoms with van der Waals surface area (Å²) in [5, 5.41) is 0. The van der Waals surface area contributed by atoms with E-state index in [1.807, 2.05) is 34.9 Å². The van der Waals surface area contributed by atoms with Gasteiger partial charge in [0.15, 0.2) is 0 Å². The Bertz CT molecular complexity index is 750. The third-order valence-electron chi connectivity index (χ3n) is 3.25. The molecule has 3 aromatic rings. The van der Waals surface area contributed by atoms with Gasteiger partial charge in [-0.05, 0) is 29.8 Å². The Morgan fingerprint density at radius 3 is 2.65 bits per heavy atom. The summed E-state index contributed by atoms with van der Waals surface area (Å²) in [4.78, 5) is 4.40. The maximum Gasteiger partial charge on any atom is 0.201 e. The van der Waals surface area contributed by atoms with Gasteiger partial charge in [0.25, 0.3) is 0 Å². The SMILES string of the molecule is COc1cccc2c1nc(N)n2Cc1ccc(Br)cc1. The number of benzene rings is 2. The average molecular weight is 332 g/mol. The van der Waals surface area contributed by atoms with E-state index < -0.39 is 0 Å². The molecule has 0 saturated carbocycles. The molecule has 102 valence electrons. The van der Waals surface area contributed by atoms with Gasteiger partial charge in [0.2, 0.25) is 5.95 Å². The maximum atomic E-state index is 6.04. The number of nitrogen functional groups attached to an aromatic ring is 1. The molecule has 0 aliphatic carbocycles. The van der Waals surface area contributed by atoms with Gasteiger partial charge in [-0.1, -0.05) is 34.1 Å². The Hall–Kier alpha value is -2.01. The fourth-order valence-corrected chi connectivity index (χ4v) is 2.51. The second-order valence-corrected chi connectivity index (χ2v) is 5.43. The van der Waals surface area contributed by atoms with E-state index >= 15 is 0 Å². The van der Waals surface area contributed by atoms with Crippen molar-refractivity contribution in [3.8, 4) is 5.75 Å². The molecule has 0 unspecified atom stereocenters. The van der Waals surface area contributed by atoms with Crippen LogP contribution in [0.2, 0.25) is 0 Å². The molecule has 0 spiro atoms. The molecule has 2 aromatic carbocycles.